The van der Waals surface area contributed by atoms with E-state index >= 15 is 0 Å². The van der Waals surface area contributed by atoms with Crippen molar-refractivity contribution in [3.8, 4) is 0 Å². The molecule has 0 aromatic heterocycles. The highest BCUT2D eigenvalue weighted by Gasteiger charge is 2.62. The van der Waals surface area contributed by atoms with Crippen LogP contribution in [0.25, 0.3) is 0 Å². The van der Waals surface area contributed by atoms with Gasteiger partial charge in [-0.3, -0.25) is 0 Å². The molecule has 3 N–H and O–H groups in total. The fourth-order valence-corrected chi connectivity index (χ4v) is 3.53. The molecule has 0 unspecified atom stereocenters. The Morgan fingerprint density at radius 1 is 1.50 bits per heavy atom. The van der Waals surface area contributed by atoms with E-state index in [2.05, 4.69) is 13.8 Å². The SMILES string of the molecule is CC1(C)[C@@H]2CC[C@@]1(CO)[C@H](N)C2. The van der Waals surface area contributed by atoms with E-state index in [0.29, 0.717) is 0 Å². The highest BCUT2D eigenvalue weighted by Crippen LogP contribution is 2.64. The topological polar surface area (TPSA) is 46.2 Å². The molecule has 0 aromatic rings. The lowest BCUT2D eigenvalue weighted by molar-refractivity contribution is 0.0344. The Morgan fingerprint density at radius 3 is 2.42 bits per heavy atom. The number of rotatable bonds is 1. The predicted molar refractivity (Wildman–Crippen MR) is 48.6 cm³/mol. The molecular weight excluding hydrogens is 150 g/mol. The third-order valence-corrected chi connectivity index (χ3v) is 4.77. The molecule has 2 aliphatic rings. The molecule has 0 radical (unpaired) electrons. The van der Waals surface area contributed by atoms with E-state index in [9.17, 15) is 5.11 Å². The van der Waals surface area contributed by atoms with Gasteiger partial charge in [0.1, 0.15) is 0 Å². The first-order valence-electron chi connectivity index (χ1n) is 4.91. The van der Waals surface area contributed by atoms with E-state index in [0.717, 1.165) is 18.8 Å². The number of fused-ring (bicyclic) bond motifs is 2. The standard InChI is InChI=1S/C10H19NO/c1-9(2)7-3-4-10(9,6-12)8(11)5-7/h7-8,12H,3-6,11H2,1-2H3/t7-,8-,10-/m1/s1. The minimum absolute atomic E-state index is 0.0394. The Hall–Kier alpha value is -0.0800. The Kier molecular flexibility index (Phi) is 1.59. The van der Waals surface area contributed by atoms with Gasteiger partial charge in [0, 0.05) is 11.5 Å². The van der Waals surface area contributed by atoms with Gasteiger partial charge in [0.15, 0.2) is 0 Å². The first-order valence-corrected chi connectivity index (χ1v) is 4.91. The van der Waals surface area contributed by atoms with E-state index in [1.807, 2.05) is 0 Å². The Morgan fingerprint density at radius 2 is 2.17 bits per heavy atom. The van der Waals surface area contributed by atoms with E-state index in [1.54, 1.807) is 0 Å². The smallest absolute Gasteiger partial charge is 0.0507 e. The van der Waals surface area contributed by atoms with Gasteiger partial charge in [-0.1, -0.05) is 13.8 Å². The van der Waals surface area contributed by atoms with Crippen molar-refractivity contribution in [3.05, 3.63) is 0 Å². The molecular formula is C10H19NO. The van der Waals surface area contributed by atoms with Crippen LogP contribution in [0, 0.1) is 16.7 Å². The van der Waals surface area contributed by atoms with Crippen LogP contribution >= 0.6 is 0 Å². The zero-order valence-corrected chi connectivity index (χ0v) is 8.01. The fraction of sp³-hybridized carbons (Fsp3) is 1.00. The van der Waals surface area contributed by atoms with Gasteiger partial charge in [0.25, 0.3) is 0 Å². The first-order chi connectivity index (χ1) is 5.54. The summed E-state index contributed by atoms with van der Waals surface area (Å²) in [5.41, 5.74) is 6.39. The first kappa shape index (κ1) is 8.52. The summed E-state index contributed by atoms with van der Waals surface area (Å²) in [6, 6.07) is 0.233. The summed E-state index contributed by atoms with van der Waals surface area (Å²) in [7, 11) is 0. The van der Waals surface area contributed by atoms with E-state index in [1.165, 1.54) is 6.42 Å². The van der Waals surface area contributed by atoms with Crippen molar-refractivity contribution < 1.29 is 5.11 Å². The highest BCUT2D eigenvalue weighted by molar-refractivity contribution is 5.13. The lowest BCUT2D eigenvalue weighted by Crippen LogP contribution is -2.46. The molecule has 2 heteroatoms. The Balaban J connectivity index is 2.39. The summed E-state index contributed by atoms with van der Waals surface area (Å²) < 4.78 is 0. The number of nitrogens with two attached hydrogens (primary N) is 1. The Labute approximate surface area is 74.1 Å². The van der Waals surface area contributed by atoms with Crippen molar-refractivity contribution >= 4 is 0 Å². The molecule has 2 bridgehead atoms. The minimum atomic E-state index is 0.0394. The van der Waals surface area contributed by atoms with E-state index in [-0.39, 0.29) is 23.5 Å². The van der Waals surface area contributed by atoms with Crippen LogP contribution in [0.1, 0.15) is 33.1 Å². The van der Waals surface area contributed by atoms with Crippen molar-refractivity contribution in [2.45, 2.75) is 39.2 Å². The van der Waals surface area contributed by atoms with Crippen LogP contribution in [0.15, 0.2) is 0 Å². The molecule has 2 aliphatic carbocycles. The van der Waals surface area contributed by atoms with Gasteiger partial charge in [-0.15, -0.1) is 0 Å². The van der Waals surface area contributed by atoms with Gasteiger partial charge >= 0.3 is 0 Å². The van der Waals surface area contributed by atoms with Crippen molar-refractivity contribution in [1.29, 1.82) is 0 Å². The average molecular weight is 169 g/mol. The van der Waals surface area contributed by atoms with Gasteiger partial charge in [-0.05, 0) is 30.6 Å². The summed E-state index contributed by atoms with van der Waals surface area (Å²) in [5, 5.41) is 9.47. The van der Waals surface area contributed by atoms with Gasteiger partial charge in [0.05, 0.1) is 6.61 Å². The van der Waals surface area contributed by atoms with Crippen LogP contribution in [0.5, 0.6) is 0 Å². The van der Waals surface area contributed by atoms with E-state index < -0.39 is 0 Å². The maximum absolute atomic E-state index is 9.47. The number of aliphatic hydroxyl groups excluding tert-OH is 1. The molecule has 0 aromatic carbocycles. The van der Waals surface area contributed by atoms with Gasteiger partial charge in [-0.25, -0.2) is 0 Å². The van der Waals surface area contributed by atoms with Crippen LogP contribution in [-0.2, 0) is 0 Å². The van der Waals surface area contributed by atoms with Gasteiger partial charge < -0.3 is 10.8 Å². The molecule has 0 saturated heterocycles. The zero-order chi connectivity index (χ0) is 8.98. The van der Waals surface area contributed by atoms with Crippen molar-refractivity contribution in [2.75, 3.05) is 6.61 Å². The summed E-state index contributed by atoms with van der Waals surface area (Å²) in [6.07, 6.45) is 3.51. The van der Waals surface area contributed by atoms with Gasteiger partial charge in [0.2, 0.25) is 0 Å². The molecule has 2 saturated carbocycles. The van der Waals surface area contributed by atoms with Crippen molar-refractivity contribution in [1.82, 2.24) is 0 Å². The average Bonchev–Trinajstić information content (AvgIpc) is 2.36. The maximum atomic E-state index is 9.47. The van der Waals surface area contributed by atoms with Crippen molar-refractivity contribution in [2.24, 2.45) is 22.5 Å². The molecule has 0 amide bonds. The molecule has 2 fully saturated rings. The monoisotopic (exact) mass is 169 g/mol. The molecule has 2 nitrogen and oxygen atoms in total. The summed E-state index contributed by atoms with van der Waals surface area (Å²) in [4.78, 5) is 0. The predicted octanol–water partition coefficient (Wildman–Crippen LogP) is 1.13. The molecule has 0 heterocycles. The molecule has 12 heavy (non-hydrogen) atoms. The summed E-state index contributed by atoms with van der Waals surface area (Å²) in [5.74, 6) is 0.750. The molecule has 2 rings (SSSR count). The molecule has 0 aliphatic heterocycles. The summed E-state index contributed by atoms with van der Waals surface area (Å²) in [6.45, 7) is 4.82. The molecule has 70 valence electrons. The molecule has 3 atom stereocenters. The maximum Gasteiger partial charge on any atom is 0.0507 e. The van der Waals surface area contributed by atoms with Crippen LogP contribution in [-0.4, -0.2) is 17.8 Å². The third-order valence-electron chi connectivity index (χ3n) is 4.77. The third kappa shape index (κ3) is 0.686. The number of hydrogen-bond donors (Lipinski definition) is 2. The van der Waals surface area contributed by atoms with Gasteiger partial charge in [-0.2, -0.15) is 0 Å². The lowest BCUT2D eigenvalue weighted by Gasteiger charge is -2.39. The molecule has 0 spiro atoms. The fourth-order valence-electron chi connectivity index (χ4n) is 3.53. The summed E-state index contributed by atoms with van der Waals surface area (Å²) >= 11 is 0. The largest absolute Gasteiger partial charge is 0.396 e. The lowest BCUT2D eigenvalue weighted by atomic mass is 9.68. The van der Waals surface area contributed by atoms with Crippen LogP contribution < -0.4 is 5.73 Å². The van der Waals surface area contributed by atoms with Crippen molar-refractivity contribution in [3.63, 3.8) is 0 Å². The second kappa shape index (κ2) is 2.24. The second-order valence-corrected chi connectivity index (χ2v) is 5.11. The normalized spacial score (nSPS) is 50.0. The minimum Gasteiger partial charge on any atom is -0.396 e. The van der Waals surface area contributed by atoms with Crippen LogP contribution in [0.2, 0.25) is 0 Å². The second-order valence-electron chi connectivity index (χ2n) is 5.11. The van der Waals surface area contributed by atoms with Crippen LogP contribution in [0.4, 0.5) is 0 Å². The van der Waals surface area contributed by atoms with Crippen LogP contribution in [0.3, 0.4) is 0 Å². The zero-order valence-electron chi connectivity index (χ0n) is 8.01. The Bertz CT molecular complexity index is 202. The number of aliphatic hydroxyl groups is 1. The highest BCUT2D eigenvalue weighted by atomic mass is 16.3. The number of hydrogen-bond acceptors (Lipinski definition) is 2. The quantitative estimate of drug-likeness (QED) is 0.618. The van der Waals surface area contributed by atoms with E-state index in [4.69, 9.17) is 5.73 Å².